The van der Waals surface area contributed by atoms with Crippen LogP contribution < -0.4 is 0 Å². The molecule has 16 heavy (non-hydrogen) atoms. The number of hydrogen-bond donors (Lipinski definition) is 0. The minimum Gasteiger partial charge on any atom is -0.468 e. The van der Waals surface area contributed by atoms with Crippen molar-refractivity contribution in [3.63, 3.8) is 0 Å². The lowest BCUT2D eigenvalue weighted by atomic mass is 9.55. The Labute approximate surface area is 92.1 Å². The summed E-state index contributed by atoms with van der Waals surface area (Å²) in [6, 6.07) is 0. The summed E-state index contributed by atoms with van der Waals surface area (Å²) < 4.78 is 44.0. The van der Waals surface area contributed by atoms with Gasteiger partial charge >= 0.3 is 12.1 Å². The minimum atomic E-state index is -4.48. The van der Waals surface area contributed by atoms with Gasteiger partial charge in [-0.25, -0.2) is 0 Å². The number of fused-ring (bicyclic) bond motifs is 3. The van der Waals surface area contributed by atoms with Crippen LogP contribution >= 0.6 is 0 Å². The molecule has 0 N–H and O–H groups in total. The number of halogens is 3. The summed E-state index contributed by atoms with van der Waals surface area (Å²) >= 11 is 0. The van der Waals surface area contributed by atoms with Crippen LogP contribution in [0.5, 0.6) is 0 Å². The highest BCUT2D eigenvalue weighted by molar-refractivity contribution is 5.78. The Balaban J connectivity index is 2.39. The Morgan fingerprint density at radius 2 is 1.81 bits per heavy atom. The zero-order chi connectivity index (χ0) is 12.0. The molecule has 0 spiro atoms. The van der Waals surface area contributed by atoms with Crippen LogP contribution in [0.25, 0.3) is 0 Å². The molecule has 3 saturated carbocycles. The van der Waals surface area contributed by atoms with Gasteiger partial charge in [-0.15, -0.1) is 0 Å². The molecule has 2 nitrogen and oxygen atoms in total. The van der Waals surface area contributed by atoms with Crippen LogP contribution in [0.2, 0.25) is 0 Å². The molecule has 1 unspecified atom stereocenters. The summed E-state index contributed by atoms with van der Waals surface area (Å²) in [5.74, 6) is -1.63. The molecule has 0 saturated heterocycles. The van der Waals surface area contributed by atoms with Gasteiger partial charge in [-0.05, 0) is 31.1 Å². The van der Waals surface area contributed by atoms with E-state index >= 15 is 0 Å². The standard InChI is InChI=1S/C11H15F3O2/c1-16-9(15)10(11(12,13)14)6-7-2-4-8(10)5-3-7/h7-8H,2-6H2,1H3. The summed E-state index contributed by atoms with van der Waals surface area (Å²) in [4.78, 5) is 11.6. The lowest BCUT2D eigenvalue weighted by Crippen LogP contribution is -2.56. The van der Waals surface area contributed by atoms with Gasteiger partial charge in [0.15, 0.2) is 5.41 Å². The molecule has 3 fully saturated rings. The quantitative estimate of drug-likeness (QED) is 0.654. The normalized spacial score (nSPS) is 38.5. The number of ether oxygens (including phenoxy) is 1. The van der Waals surface area contributed by atoms with Crippen LogP contribution in [-0.4, -0.2) is 19.3 Å². The van der Waals surface area contributed by atoms with Crippen molar-refractivity contribution in [1.82, 2.24) is 0 Å². The van der Waals surface area contributed by atoms with Gasteiger partial charge < -0.3 is 4.74 Å². The number of carbonyl (C=O) groups is 1. The van der Waals surface area contributed by atoms with E-state index in [0.717, 1.165) is 20.0 Å². The molecule has 2 bridgehead atoms. The third-order valence-electron chi connectivity index (χ3n) is 4.21. The highest BCUT2D eigenvalue weighted by atomic mass is 19.4. The molecule has 92 valence electrons. The van der Waals surface area contributed by atoms with E-state index in [4.69, 9.17) is 0 Å². The van der Waals surface area contributed by atoms with Crippen LogP contribution in [0.4, 0.5) is 13.2 Å². The van der Waals surface area contributed by atoms with Crippen molar-refractivity contribution >= 4 is 5.97 Å². The predicted molar refractivity (Wildman–Crippen MR) is 50.6 cm³/mol. The molecule has 0 aromatic heterocycles. The maximum Gasteiger partial charge on any atom is 0.405 e. The predicted octanol–water partition coefficient (Wildman–Crippen LogP) is 2.92. The first-order valence-electron chi connectivity index (χ1n) is 5.57. The smallest absolute Gasteiger partial charge is 0.405 e. The number of hydrogen-bond acceptors (Lipinski definition) is 2. The number of methoxy groups -OCH3 is 1. The first-order valence-corrected chi connectivity index (χ1v) is 5.57. The summed E-state index contributed by atoms with van der Waals surface area (Å²) in [7, 11) is 1.04. The molecule has 3 aliphatic rings. The molecule has 0 radical (unpaired) electrons. The van der Waals surface area contributed by atoms with Crippen molar-refractivity contribution in [2.75, 3.05) is 7.11 Å². The van der Waals surface area contributed by atoms with Crippen molar-refractivity contribution in [3.8, 4) is 0 Å². The minimum absolute atomic E-state index is 0.0331. The summed E-state index contributed by atoms with van der Waals surface area (Å²) in [6.07, 6.45) is -1.92. The highest BCUT2D eigenvalue weighted by Crippen LogP contribution is 2.60. The number of rotatable bonds is 1. The molecular weight excluding hydrogens is 221 g/mol. The second-order valence-corrected chi connectivity index (χ2v) is 4.88. The third kappa shape index (κ3) is 1.44. The number of carbonyl (C=O) groups excluding carboxylic acids is 1. The summed E-state index contributed by atoms with van der Waals surface area (Å²) in [5.41, 5.74) is -2.22. The maximum absolute atomic E-state index is 13.2. The van der Waals surface area contributed by atoms with Crippen LogP contribution in [0.1, 0.15) is 32.1 Å². The van der Waals surface area contributed by atoms with Gasteiger partial charge in [-0.2, -0.15) is 13.2 Å². The third-order valence-corrected chi connectivity index (χ3v) is 4.21. The van der Waals surface area contributed by atoms with Crippen LogP contribution in [-0.2, 0) is 9.53 Å². The fourth-order valence-corrected chi connectivity index (χ4v) is 3.38. The number of alkyl halides is 3. The fourth-order valence-electron chi connectivity index (χ4n) is 3.38. The average molecular weight is 236 g/mol. The zero-order valence-corrected chi connectivity index (χ0v) is 9.14. The zero-order valence-electron chi connectivity index (χ0n) is 9.14. The van der Waals surface area contributed by atoms with E-state index in [-0.39, 0.29) is 12.3 Å². The Hall–Kier alpha value is -0.740. The Bertz CT molecular complexity index is 292. The largest absolute Gasteiger partial charge is 0.468 e. The Morgan fingerprint density at radius 1 is 1.25 bits per heavy atom. The monoisotopic (exact) mass is 236 g/mol. The van der Waals surface area contributed by atoms with Crippen molar-refractivity contribution in [2.45, 2.75) is 38.3 Å². The van der Waals surface area contributed by atoms with E-state index in [1.807, 2.05) is 0 Å². The molecule has 3 rings (SSSR count). The van der Waals surface area contributed by atoms with Crippen molar-refractivity contribution in [3.05, 3.63) is 0 Å². The van der Waals surface area contributed by atoms with Gasteiger partial charge in [0.05, 0.1) is 7.11 Å². The van der Waals surface area contributed by atoms with Crippen LogP contribution in [0.3, 0.4) is 0 Å². The Morgan fingerprint density at radius 3 is 2.12 bits per heavy atom. The first-order chi connectivity index (χ1) is 7.41. The summed E-state index contributed by atoms with van der Waals surface area (Å²) in [5, 5.41) is 0. The van der Waals surface area contributed by atoms with Crippen molar-refractivity contribution in [2.24, 2.45) is 17.3 Å². The summed E-state index contributed by atoms with van der Waals surface area (Å²) in [6.45, 7) is 0. The van der Waals surface area contributed by atoms with Gasteiger partial charge in [0.1, 0.15) is 0 Å². The average Bonchev–Trinajstić information content (AvgIpc) is 2.27. The molecule has 0 aliphatic heterocycles. The molecule has 5 heteroatoms. The second kappa shape index (κ2) is 3.64. The van der Waals surface area contributed by atoms with Gasteiger partial charge in [0.2, 0.25) is 0 Å². The van der Waals surface area contributed by atoms with Crippen molar-refractivity contribution in [1.29, 1.82) is 0 Å². The van der Waals surface area contributed by atoms with Crippen LogP contribution in [0, 0.1) is 17.3 Å². The maximum atomic E-state index is 13.2. The fraction of sp³-hybridized carbons (Fsp3) is 0.909. The highest BCUT2D eigenvalue weighted by Gasteiger charge is 2.68. The van der Waals surface area contributed by atoms with E-state index in [1.165, 1.54) is 0 Å². The Kier molecular flexibility index (Phi) is 2.67. The van der Waals surface area contributed by atoms with Gasteiger partial charge in [-0.3, -0.25) is 4.79 Å². The molecule has 0 aromatic carbocycles. The SMILES string of the molecule is COC(=O)C1(C(F)(F)F)CC2CCC1CC2. The molecular formula is C11H15F3O2. The van der Waals surface area contributed by atoms with E-state index in [9.17, 15) is 18.0 Å². The molecule has 3 aliphatic carbocycles. The van der Waals surface area contributed by atoms with Gasteiger partial charge in [0.25, 0.3) is 0 Å². The van der Waals surface area contributed by atoms with E-state index in [0.29, 0.717) is 12.8 Å². The topological polar surface area (TPSA) is 26.3 Å². The molecule has 0 heterocycles. The lowest BCUT2D eigenvalue weighted by molar-refractivity contribution is -0.268. The van der Waals surface area contributed by atoms with Gasteiger partial charge in [0, 0.05) is 0 Å². The van der Waals surface area contributed by atoms with E-state index in [1.54, 1.807) is 0 Å². The molecule has 0 aromatic rings. The number of esters is 1. The van der Waals surface area contributed by atoms with Crippen molar-refractivity contribution < 1.29 is 22.7 Å². The first kappa shape index (κ1) is 11.7. The molecule has 1 atom stereocenters. The lowest BCUT2D eigenvalue weighted by Gasteiger charge is -2.50. The second-order valence-electron chi connectivity index (χ2n) is 4.88. The van der Waals surface area contributed by atoms with E-state index in [2.05, 4.69) is 4.74 Å². The van der Waals surface area contributed by atoms with E-state index < -0.39 is 23.5 Å². The van der Waals surface area contributed by atoms with Gasteiger partial charge in [-0.1, -0.05) is 12.8 Å². The van der Waals surface area contributed by atoms with Crippen LogP contribution in [0.15, 0.2) is 0 Å². The molecule has 0 amide bonds.